The molecule has 0 aliphatic rings. The normalized spacial score (nSPS) is 10.6. The van der Waals surface area contributed by atoms with E-state index in [0.717, 1.165) is 15.7 Å². The van der Waals surface area contributed by atoms with Crippen molar-refractivity contribution in [3.63, 3.8) is 0 Å². The minimum Gasteiger partial charge on any atom is -0.486 e. The first kappa shape index (κ1) is 22.4. The van der Waals surface area contributed by atoms with Crippen LogP contribution < -0.4 is 10.1 Å². The van der Waals surface area contributed by atoms with Crippen LogP contribution in [0.1, 0.15) is 11.4 Å². The number of nitrogens with zero attached hydrogens (tertiary/aromatic N) is 3. The molecule has 30 heavy (non-hydrogen) atoms. The summed E-state index contributed by atoms with van der Waals surface area (Å²) in [6.45, 7) is 6.49. The number of halogens is 2. The summed E-state index contributed by atoms with van der Waals surface area (Å²) in [6.07, 6.45) is 1.75. The molecule has 3 aromatic rings. The van der Waals surface area contributed by atoms with E-state index in [-0.39, 0.29) is 18.3 Å². The minimum atomic E-state index is -0.113. The Morgan fingerprint density at radius 1 is 1.30 bits per heavy atom. The number of thioether (sulfide) groups is 1. The molecule has 6 nitrogen and oxygen atoms in total. The lowest BCUT2D eigenvalue weighted by molar-refractivity contribution is -0.113. The number of amides is 1. The number of benzene rings is 2. The Kier molecular flexibility index (Phi) is 7.95. The van der Waals surface area contributed by atoms with Crippen LogP contribution in [-0.4, -0.2) is 26.4 Å². The van der Waals surface area contributed by atoms with Crippen molar-refractivity contribution in [3.05, 3.63) is 76.0 Å². The lowest BCUT2D eigenvalue weighted by Gasteiger charge is -2.10. The lowest BCUT2D eigenvalue weighted by atomic mass is 10.2. The van der Waals surface area contributed by atoms with Crippen LogP contribution in [0.3, 0.4) is 0 Å². The fraction of sp³-hybridized carbons (Fsp3) is 0.190. The highest BCUT2D eigenvalue weighted by molar-refractivity contribution is 9.10. The van der Waals surface area contributed by atoms with Crippen LogP contribution in [-0.2, 0) is 17.9 Å². The Balaban J connectivity index is 1.61. The molecule has 0 atom stereocenters. The number of anilines is 1. The quantitative estimate of drug-likeness (QED) is 0.306. The molecule has 0 fully saturated rings. The number of hydrogen-bond donors (Lipinski definition) is 1. The predicted molar refractivity (Wildman–Crippen MR) is 124 cm³/mol. The van der Waals surface area contributed by atoms with Crippen LogP contribution >= 0.6 is 39.3 Å². The summed E-state index contributed by atoms with van der Waals surface area (Å²) in [4.78, 5) is 12.4. The third-order valence-electron chi connectivity index (χ3n) is 4.08. The van der Waals surface area contributed by atoms with Gasteiger partial charge in [-0.15, -0.1) is 16.8 Å². The van der Waals surface area contributed by atoms with Crippen molar-refractivity contribution >= 4 is 50.9 Å². The van der Waals surface area contributed by atoms with Gasteiger partial charge < -0.3 is 10.1 Å². The number of rotatable bonds is 9. The van der Waals surface area contributed by atoms with Gasteiger partial charge >= 0.3 is 0 Å². The summed E-state index contributed by atoms with van der Waals surface area (Å²) in [6, 6.07) is 12.8. The lowest BCUT2D eigenvalue weighted by Crippen LogP contribution is -2.15. The third kappa shape index (κ3) is 6.10. The number of aryl methyl sites for hydroxylation is 1. The van der Waals surface area contributed by atoms with Crippen molar-refractivity contribution in [1.29, 1.82) is 0 Å². The SMILES string of the molecule is C=CCn1c(COc2ccc(Cl)cc2)nnc1SCC(=O)Nc1ccc(Br)cc1C. The van der Waals surface area contributed by atoms with Gasteiger partial charge in [-0.3, -0.25) is 9.36 Å². The highest BCUT2D eigenvalue weighted by atomic mass is 79.9. The first-order chi connectivity index (χ1) is 14.5. The molecule has 156 valence electrons. The third-order valence-corrected chi connectivity index (χ3v) is 5.79. The maximum Gasteiger partial charge on any atom is 0.234 e. The highest BCUT2D eigenvalue weighted by Crippen LogP contribution is 2.22. The number of nitrogens with one attached hydrogen (secondary N) is 1. The Morgan fingerprint density at radius 2 is 2.07 bits per heavy atom. The molecular formula is C21H20BrClN4O2S. The first-order valence-corrected chi connectivity index (χ1v) is 11.2. The van der Waals surface area contributed by atoms with Gasteiger partial charge in [0.15, 0.2) is 11.0 Å². The molecule has 0 saturated carbocycles. The highest BCUT2D eigenvalue weighted by Gasteiger charge is 2.14. The van der Waals surface area contributed by atoms with Gasteiger partial charge in [0.25, 0.3) is 0 Å². The maximum absolute atomic E-state index is 12.4. The molecule has 3 rings (SSSR count). The molecule has 2 aromatic carbocycles. The van der Waals surface area contributed by atoms with E-state index in [1.807, 2.05) is 29.7 Å². The molecule has 0 radical (unpaired) electrons. The summed E-state index contributed by atoms with van der Waals surface area (Å²) in [5.41, 5.74) is 1.77. The summed E-state index contributed by atoms with van der Waals surface area (Å²) in [7, 11) is 0. The fourth-order valence-electron chi connectivity index (χ4n) is 2.61. The molecule has 1 amide bonds. The van der Waals surface area contributed by atoms with E-state index in [0.29, 0.717) is 28.3 Å². The molecule has 0 bridgehead atoms. The van der Waals surface area contributed by atoms with Gasteiger partial charge in [-0.05, 0) is 55.0 Å². The second kappa shape index (κ2) is 10.7. The minimum absolute atomic E-state index is 0.113. The number of carbonyl (C=O) groups excluding carboxylic acids is 1. The molecule has 0 unspecified atom stereocenters. The topological polar surface area (TPSA) is 69.0 Å². The average Bonchev–Trinajstić information content (AvgIpc) is 3.10. The summed E-state index contributed by atoms with van der Waals surface area (Å²) < 4.78 is 8.62. The standard InChI is InChI=1S/C21H20BrClN4O2S/c1-3-10-27-19(12-29-17-7-5-16(23)6-8-17)25-26-21(27)30-13-20(28)24-18-9-4-15(22)11-14(18)2/h3-9,11H,1,10,12-13H2,2H3,(H,24,28). The zero-order valence-electron chi connectivity index (χ0n) is 16.3. The largest absolute Gasteiger partial charge is 0.486 e. The van der Waals surface area contributed by atoms with Crippen LogP contribution in [0, 0.1) is 6.92 Å². The number of aromatic nitrogens is 3. The number of carbonyl (C=O) groups is 1. The van der Waals surface area contributed by atoms with Gasteiger partial charge in [0.2, 0.25) is 5.91 Å². The Bertz CT molecular complexity index is 1040. The summed E-state index contributed by atoms with van der Waals surface area (Å²) in [5.74, 6) is 1.43. The number of ether oxygens (including phenoxy) is 1. The Morgan fingerprint density at radius 3 is 2.77 bits per heavy atom. The van der Waals surface area contributed by atoms with Crippen molar-refractivity contribution in [2.45, 2.75) is 25.2 Å². The van der Waals surface area contributed by atoms with E-state index in [1.165, 1.54) is 11.8 Å². The molecule has 9 heteroatoms. The molecular weight excluding hydrogens is 488 g/mol. The van der Waals surface area contributed by atoms with Crippen LogP contribution in [0.4, 0.5) is 5.69 Å². The fourth-order valence-corrected chi connectivity index (χ4v) is 3.98. The molecule has 1 N–H and O–H groups in total. The van der Waals surface area contributed by atoms with Crippen LogP contribution in [0.15, 0.2) is 64.7 Å². The van der Waals surface area contributed by atoms with Crippen molar-refractivity contribution in [3.8, 4) is 5.75 Å². The van der Waals surface area contributed by atoms with Crippen molar-refractivity contribution in [2.24, 2.45) is 0 Å². The van der Waals surface area contributed by atoms with E-state index in [1.54, 1.807) is 30.3 Å². The van der Waals surface area contributed by atoms with Crippen molar-refractivity contribution < 1.29 is 9.53 Å². The molecule has 1 heterocycles. The van der Waals surface area contributed by atoms with E-state index in [2.05, 4.69) is 38.0 Å². The Hall–Kier alpha value is -2.29. The van der Waals surface area contributed by atoms with Crippen LogP contribution in [0.25, 0.3) is 0 Å². The molecule has 1 aromatic heterocycles. The van der Waals surface area contributed by atoms with E-state index < -0.39 is 0 Å². The molecule has 0 saturated heterocycles. The summed E-state index contributed by atoms with van der Waals surface area (Å²) >= 11 is 10.6. The maximum atomic E-state index is 12.4. The molecule has 0 aliphatic heterocycles. The molecule has 0 spiro atoms. The predicted octanol–water partition coefficient (Wildman–Crippen LogP) is 5.50. The van der Waals surface area contributed by atoms with E-state index in [4.69, 9.17) is 16.3 Å². The van der Waals surface area contributed by atoms with Crippen LogP contribution in [0.2, 0.25) is 5.02 Å². The zero-order chi connectivity index (χ0) is 21.5. The van der Waals surface area contributed by atoms with Gasteiger partial charge in [-0.2, -0.15) is 0 Å². The van der Waals surface area contributed by atoms with E-state index in [9.17, 15) is 4.79 Å². The second-order valence-electron chi connectivity index (χ2n) is 6.34. The second-order valence-corrected chi connectivity index (χ2v) is 8.63. The van der Waals surface area contributed by atoms with Crippen molar-refractivity contribution in [2.75, 3.05) is 11.1 Å². The van der Waals surface area contributed by atoms with Crippen molar-refractivity contribution in [1.82, 2.24) is 14.8 Å². The number of allylic oxidation sites excluding steroid dienone is 1. The average molecular weight is 508 g/mol. The van der Waals surface area contributed by atoms with Crippen LogP contribution in [0.5, 0.6) is 5.75 Å². The first-order valence-electron chi connectivity index (χ1n) is 9.06. The molecule has 0 aliphatic carbocycles. The zero-order valence-corrected chi connectivity index (χ0v) is 19.4. The van der Waals surface area contributed by atoms with Gasteiger partial charge in [0.1, 0.15) is 12.4 Å². The van der Waals surface area contributed by atoms with Gasteiger partial charge in [-0.25, -0.2) is 0 Å². The van der Waals surface area contributed by atoms with Gasteiger partial charge in [0.05, 0.1) is 5.75 Å². The smallest absolute Gasteiger partial charge is 0.234 e. The van der Waals surface area contributed by atoms with Gasteiger partial charge in [0, 0.05) is 21.7 Å². The Labute approximate surface area is 192 Å². The summed E-state index contributed by atoms with van der Waals surface area (Å²) in [5, 5.41) is 12.6. The van der Waals surface area contributed by atoms with Gasteiger partial charge in [-0.1, -0.05) is 45.4 Å². The van der Waals surface area contributed by atoms with E-state index >= 15 is 0 Å². The monoisotopic (exact) mass is 506 g/mol. The number of hydrogen-bond acceptors (Lipinski definition) is 5.